The van der Waals surface area contributed by atoms with Crippen LogP contribution in [0.3, 0.4) is 0 Å². The fourth-order valence-electron chi connectivity index (χ4n) is 8.66. The first-order valence-corrected chi connectivity index (χ1v) is 10.3. The van der Waals surface area contributed by atoms with Crippen molar-refractivity contribution in [3.05, 3.63) is 0 Å². The maximum absolute atomic E-state index is 13.0. The highest BCUT2D eigenvalue weighted by Crippen LogP contribution is 2.85. The van der Waals surface area contributed by atoms with E-state index in [1.165, 1.54) is 12.8 Å². The number of fused-ring (bicyclic) bond motifs is 2. The summed E-state index contributed by atoms with van der Waals surface area (Å²) < 4.78 is 5.42. The highest BCUT2D eigenvalue weighted by atomic mass is 16.5. The number of hydrogen-bond acceptors (Lipinski definition) is 4. The van der Waals surface area contributed by atoms with E-state index in [0.717, 1.165) is 48.6 Å². The van der Waals surface area contributed by atoms with E-state index in [2.05, 4.69) is 10.2 Å². The van der Waals surface area contributed by atoms with Crippen molar-refractivity contribution >= 4 is 5.91 Å². The summed E-state index contributed by atoms with van der Waals surface area (Å²) in [6.45, 7) is 7.45. The van der Waals surface area contributed by atoms with Crippen LogP contribution in [0.5, 0.6) is 0 Å². The Balaban J connectivity index is 1.18. The summed E-state index contributed by atoms with van der Waals surface area (Å²) in [5.74, 6) is 5.91. The number of rotatable bonds is 4. The molecule has 25 heavy (non-hydrogen) atoms. The van der Waals surface area contributed by atoms with Gasteiger partial charge in [0.05, 0.1) is 24.4 Å². The van der Waals surface area contributed by atoms with Gasteiger partial charge in [-0.25, -0.2) is 0 Å². The van der Waals surface area contributed by atoms with Gasteiger partial charge >= 0.3 is 0 Å². The lowest BCUT2D eigenvalue weighted by Gasteiger charge is -2.52. The maximum atomic E-state index is 13.0. The Morgan fingerprint density at radius 1 is 1.12 bits per heavy atom. The molecule has 1 heterocycles. The minimum absolute atomic E-state index is 0.0566. The molecule has 0 spiro atoms. The smallest absolute Gasteiger partial charge is 0.240 e. The SMILES string of the molecule is CC(C)(C(=O)NCC1(O)C2C3CC4C5C3CC2C5C41)N1CCOCC1. The number of ether oxygens (including phenoxy) is 1. The summed E-state index contributed by atoms with van der Waals surface area (Å²) >= 11 is 0. The number of hydrogen-bond donors (Lipinski definition) is 2. The third kappa shape index (κ3) is 1.61. The summed E-state index contributed by atoms with van der Waals surface area (Å²) in [6, 6.07) is 0. The van der Waals surface area contributed by atoms with E-state index >= 15 is 0 Å². The van der Waals surface area contributed by atoms with Gasteiger partial charge in [-0.05, 0) is 74.0 Å². The Hall–Kier alpha value is -0.650. The highest BCUT2D eigenvalue weighted by Gasteiger charge is 2.84. The molecule has 0 aromatic rings. The summed E-state index contributed by atoms with van der Waals surface area (Å²) in [5, 5.41) is 14.8. The van der Waals surface area contributed by atoms with E-state index in [1.54, 1.807) is 0 Å². The number of amides is 1. The maximum Gasteiger partial charge on any atom is 0.240 e. The first-order chi connectivity index (χ1) is 11.9. The number of carbonyl (C=O) groups excluding carboxylic acids is 1. The van der Waals surface area contributed by atoms with Crippen LogP contribution in [-0.2, 0) is 9.53 Å². The van der Waals surface area contributed by atoms with E-state index in [1.807, 2.05) is 13.8 Å². The molecule has 9 unspecified atom stereocenters. The number of aliphatic hydroxyl groups is 1. The van der Waals surface area contributed by atoms with Crippen LogP contribution in [0.4, 0.5) is 0 Å². The molecular weight excluding hydrogens is 316 g/mol. The molecule has 6 rings (SSSR count). The summed E-state index contributed by atoms with van der Waals surface area (Å²) in [6.07, 6.45) is 2.74. The van der Waals surface area contributed by atoms with Gasteiger partial charge in [0, 0.05) is 19.6 Å². The second-order valence-electron chi connectivity index (χ2n) is 10.2. The van der Waals surface area contributed by atoms with E-state index in [-0.39, 0.29) is 5.91 Å². The van der Waals surface area contributed by atoms with Crippen LogP contribution in [0.2, 0.25) is 0 Å². The van der Waals surface area contributed by atoms with E-state index in [4.69, 9.17) is 4.74 Å². The van der Waals surface area contributed by atoms with Gasteiger partial charge < -0.3 is 15.2 Å². The van der Waals surface area contributed by atoms with Crippen LogP contribution in [-0.4, -0.2) is 59.9 Å². The van der Waals surface area contributed by atoms with Crippen LogP contribution in [0.15, 0.2) is 0 Å². The topological polar surface area (TPSA) is 61.8 Å². The van der Waals surface area contributed by atoms with Crippen molar-refractivity contribution in [3.63, 3.8) is 0 Å². The Morgan fingerprint density at radius 2 is 1.80 bits per heavy atom. The Labute approximate surface area is 149 Å². The molecule has 9 atom stereocenters. The number of carbonyl (C=O) groups is 1. The van der Waals surface area contributed by atoms with Crippen molar-refractivity contribution in [2.24, 2.45) is 47.3 Å². The van der Waals surface area contributed by atoms with Crippen LogP contribution in [0, 0.1) is 47.3 Å². The van der Waals surface area contributed by atoms with Crippen molar-refractivity contribution in [2.75, 3.05) is 32.8 Å². The zero-order valence-electron chi connectivity index (χ0n) is 15.3. The third-order valence-electron chi connectivity index (χ3n) is 9.41. The number of nitrogens with one attached hydrogen (secondary N) is 1. The van der Waals surface area contributed by atoms with Gasteiger partial charge in [-0.15, -0.1) is 0 Å². The van der Waals surface area contributed by atoms with E-state index in [0.29, 0.717) is 31.6 Å². The average molecular weight is 346 g/mol. The van der Waals surface area contributed by atoms with Crippen molar-refractivity contribution in [1.82, 2.24) is 10.2 Å². The van der Waals surface area contributed by atoms with E-state index in [9.17, 15) is 9.90 Å². The van der Waals surface area contributed by atoms with Gasteiger partial charge in [-0.3, -0.25) is 9.69 Å². The summed E-state index contributed by atoms with van der Waals surface area (Å²) in [5.41, 5.74) is -1.16. The standard InChI is InChI=1S/C20H30N2O3/c1-19(2,22-3-5-25-6-4-22)18(23)21-9-20(24)16-11-8-12-14-10(11)7-13(16)15(14)17(12)20/h10-17,24H,3-9H2,1-2H3,(H,21,23). The van der Waals surface area contributed by atoms with Crippen molar-refractivity contribution < 1.29 is 14.6 Å². The molecule has 6 fully saturated rings. The highest BCUT2D eigenvalue weighted by molar-refractivity contribution is 5.85. The molecule has 1 aliphatic heterocycles. The van der Waals surface area contributed by atoms with Gasteiger partial charge in [-0.1, -0.05) is 0 Å². The second-order valence-corrected chi connectivity index (χ2v) is 10.2. The molecule has 1 saturated heterocycles. The molecule has 1 amide bonds. The molecule has 2 bridgehead atoms. The fraction of sp³-hybridized carbons (Fsp3) is 0.950. The molecule has 2 N–H and O–H groups in total. The molecule has 0 aromatic heterocycles. The third-order valence-corrected chi connectivity index (χ3v) is 9.41. The van der Waals surface area contributed by atoms with Gasteiger partial charge in [0.15, 0.2) is 0 Å². The monoisotopic (exact) mass is 346 g/mol. The second kappa shape index (κ2) is 4.60. The molecule has 0 radical (unpaired) electrons. The molecule has 5 saturated carbocycles. The van der Waals surface area contributed by atoms with Gasteiger partial charge in [-0.2, -0.15) is 0 Å². The van der Waals surface area contributed by atoms with Gasteiger partial charge in [0.1, 0.15) is 0 Å². The molecule has 5 heteroatoms. The lowest BCUT2D eigenvalue weighted by molar-refractivity contribution is -0.145. The predicted molar refractivity (Wildman–Crippen MR) is 91.6 cm³/mol. The average Bonchev–Trinajstić information content (AvgIpc) is 3.12. The number of morpholine rings is 1. The molecule has 6 aliphatic rings. The van der Waals surface area contributed by atoms with Crippen LogP contribution < -0.4 is 5.32 Å². The van der Waals surface area contributed by atoms with Crippen molar-refractivity contribution in [1.29, 1.82) is 0 Å². The van der Waals surface area contributed by atoms with Crippen LogP contribution >= 0.6 is 0 Å². The normalized spacial score (nSPS) is 55.0. The van der Waals surface area contributed by atoms with E-state index < -0.39 is 11.1 Å². The van der Waals surface area contributed by atoms with Gasteiger partial charge in [0.2, 0.25) is 5.91 Å². The minimum Gasteiger partial charge on any atom is -0.387 e. The molecule has 5 nitrogen and oxygen atoms in total. The Bertz CT molecular complexity index is 624. The Kier molecular flexibility index (Phi) is 2.84. The first kappa shape index (κ1) is 15.4. The number of nitrogens with zero attached hydrogens (tertiary/aromatic N) is 1. The first-order valence-electron chi connectivity index (χ1n) is 10.3. The summed E-state index contributed by atoms with van der Waals surface area (Å²) in [7, 11) is 0. The molecule has 0 aromatic carbocycles. The van der Waals surface area contributed by atoms with Crippen molar-refractivity contribution in [2.45, 2.75) is 37.8 Å². The quantitative estimate of drug-likeness (QED) is 0.788. The zero-order valence-corrected chi connectivity index (χ0v) is 15.3. The lowest BCUT2D eigenvalue weighted by atomic mass is 9.56. The molecule has 138 valence electrons. The molecule has 5 aliphatic carbocycles. The lowest BCUT2D eigenvalue weighted by Crippen LogP contribution is -2.63. The fourth-order valence-corrected chi connectivity index (χ4v) is 8.66. The van der Waals surface area contributed by atoms with Gasteiger partial charge in [0.25, 0.3) is 0 Å². The summed E-state index contributed by atoms with van der Waals surface area (Å²) in [4.78, 5) is 15.2. The van der Waals surface area contributed by atoms with Crippen LogP contribution in [0.25, 0.3) is 0 Å². The Morgan fingerprint density at radius 3 is 2.56 bits per heavy atom. The largest absolute Gasteiger partial charge is 0.387 e. The minimum atomic E-state index is -0.624. The predicted octanol–water partition coefficient (Wildman–Crippen LogP) is 0.722. The van der Waals surface area contributed by atoms with Crippen molar-refractivity contribution in [3.8, 4) is 0 Å². The van der Waals surface area contributed by atoms with Crippen LogP contribution in [0.1, 0.15) is 26.7 Å². The zero-order chi connectivity index (χ0) is 17.1. The molecular formula is C20H30N2O3.